The molecule has 0 saturated carbocycles. The lowest BCUT2D eigenvalue weighted by Gasteiger charge is -2.24. The Morgan fingerprint density at radius 1 is 0.630 bits per heavy atom. The van der Waals surface area contributed by atoms with Crippen LogP contribution in [0.15, 0.2) is 128 Å². The highest BCUT2D eigenvalue weighted by molar-refractivity contribution is 5.98. The van der Waals surface area contributed by atoms with Crippen LogP contribution in [0.2, 0.25) is 0 Å². The van der Waals surface area contributed by atoms with Crippen molar-refractivity contribution in [1.82, 2.24) is 26.3 Å². The van der Waals surface area contributed by atoms with Crippen molar-refractivity contribution in [3.05, 3.63) is 167 Å². The highest BCUT2D eigenvalue weighted by atomic mass is 16.5. The van der Waals surface area contributed by atoms with E-state index in [4.69, 9.17) is 9.47 Å². The molecule has 11 heteroatoms. The number of hydrogen-bond donors (Lipinski definition) is 4. The first-order valence-corrected chi connectivity index (χ1v) is 17.8. The van der Waals surface area contributed by atoms with Crippen LogP contribution in [0.4, 0.5) is 4.79 Å². The maximum Gasteiger partial charge on any atom is 0.407 e. The summed E-state index contributed by atoms with van der Waals surface area (Å²) in [5, 5.41) is 11.5. The Kier molecular flexibility index (Phi) is 14.3. The minimum atomic E-state index is -0.988. The van der Waals surface area contributed by atoms with Crippen molar-refractivity contribution in [2.45, 2.75) is 58.5 Å². The van der Waals surface area contributed by atoms with E-state index in [0.717, 1.165) is 33.4 Å². The van der Waals surface area contributed by atoms with Gasteiger partial charge >= 0.3 is 6.09 Å². The average molecular weight is 728 g/mol. The van der Waals surface area contributed by atoms with Crippen molar-refractivity contribution >= 4 is 23.8 Å². The Hall–Kier alpha value is -6.49. The summed E-state index contributed by atoms with van der Waals surface area (Å²) in [5.41, 5.74) is 5.56. The number of aromatic nitrogens is 1. The van der Waals surface area contributed by atoms with Gasteiger partial charge in [-0.05, 0) is 72.0 Å². The minimum Gasteiger partial charge on any atom is -0.494 e. The second kappa shape index (κ2) is 19.9. The molecule has 0 aliphatic heterocycles. The van der Waals surface area contributed by atoms with Crippen LogP contribution in [0, 0.1) is 6.92 Å². The fraction of sp³-hybridized carbons (Fsp3) is 0.233. The van der Waals surface area contributed by atoms with Gasteiger partial charge in [-0.2, -0.15) is 0 Å². The van der Waals surface area contributed by atoms with E-state index in [-0.39, 0.29) is 32.5 Å². The van der Waals surface area contributed by atoms with Crippen molar-refractivity contribution < 1.29 is 28.7 Å². The maximum absolute atomic E-state index is 14.0. The van der Waals surface area contributed by atoms with Gasteiger partial charge in [0.15, 0.2) is 0 Å². The molecule has 2 atom stereocenters. The number of nitrogens with zero attached hydrogens (tertiary/aromatic N) is 1. The van der Waals surface area contributed by atoms with Crippen LogP contribution in [-0.2, 0) is 46.9 Å². The number of carbonyl (C=O) groups is 4. The standard InChI is InChI=1S/C43H45N5O6/c1-3-53-37-21-17-31(18-22-37)24-39(47-40(49)36-19-11-30(2)12-20-36)42(51)48-38(25-35-10-7-23-44-26-35)41(50)45-27-32-13-15-33(16-14-32)28-46-43(52)54-29-34-8-5-4-6-9-34/h4-23,26,38-39H,3,24-25,27-29H2,1-2H3,(H,45,50)(H,46,52)(H,47,49)(H,48,51). The molecule has 54 heavy (non-hydrogen) atoms. The van der Waals surface area contributed by atoms with Crippen molar-refractivity contribution in [2.24, 2.45) is 0 Å². The first-order valence-electron chi connectivity index (χ1n) is 17.8. The fourth-order valence-corrected chi connectivity index (χ4v) is 5.55. The Morgan fingerprint density at radius 3 is 1.89 bits per heavy atom. The molecule has 0 spiro atoms. The van der Waals surface area contributed by atoms with E-state index >= 15 is 0 Å². The van der Waals surface area contributed by atoms with E-state index in [9.17, 15) is 19.2 Å². The zero-order valence-electron chi connectivity index (χ0n) is 30.4. The molecule has 0 aliphatic rings. The number of ether oxygens (including phenoxy) is 2. The molecule has 4 amide bonds. The lowest BCUT2D eigenvalue weighted by molar-refractivity contribution is -0.130. The summed E-state index contributed by atoms with van der Waals surface area (Å²) in [6.45, 7) is 5.01. The van der Waals surface area contributed by atoms with Crippen LogP contribution in [0.25, 0.3) is 0 Å². The molecule has 5 rings (SSSR count). The van der Waals surface area contributed by atoms with E-state index in [0.29, 0.717) is 17.9 Å². The van der Waals surface area contributed by atoms with Gasteiger partial charge in [-0.1, -0.05) is 90.5 Å². The third-order valence-corrected chi connectivity index (χ3v) is 8.54. The normalized spacial score (nSPS) is 11.7. The molecule has 1 heterocycles. The highest BCUT2D eigenvalue weighted by Crippen LogP contribution is 2.15. The van der Waals surface area contributed by atoms with E-state index < -0.39 is 35.9 Å². The largest absolute Gasteiger partial charge is 0.494 e. The number of benzene rings is 4. The second-order valence-corrected chi connectivity index (χ2v) is 12.7. The van der Waals surface area contributed by atoms with E-state index in [1.54, 1.807) is 30.6 Å². The van der Waals surface area contributed by atoms with E-state index in [1.807, 2.05) is 111 Å². The first-order chi connectivity index (χ1) is 26.2. The van der Waals surface area contributed by atoms with Crippen LogP contribution >= 0.6 is 0 Å². The van der Waals surface area contributed by atoms with E-state index in [1.165, 1.54) is 0 Å². The van der Waals surface area contributed by atoms with Crippen LogP contribution in [0.5, 0.6) is 5.75 Å². The van der Waals surface area contributed by atoms with Crippen LogP contribution < -0.4 is 26.0 Å². The number of nitrogens with one attached hydrogen (secondary N) is 4. The Balaban J connectivity index is 1.23. The number of pyridine rings is 1. The minimum absolute atomic E-state index is 0.179. The number of amides is 4. The van der Waals surface area contributed by atoms with Gasteiger partial charge in [0.25, 0.3) is 5.91 Å². The van der Waals surface area contributed by atoms with Gasteiger partial charge in [-0.3, -0.25) is 19.4 Å². The van der Waals surface area contributed by atoms with Crippen LogP contribution in [0.1, 0.15) is 50.7 Å². The molecule has 2 unspecified atom stereocenters. The first kappa shape index (κ1) is 38.7. The molecule has 0 bridgehead atoms. The number of carbonyl (C=O) groups excluding carboxylic acids is 4. The second-order valence-electron chi connectivity index (χ2n) is 12.7. The SMILES string of the molecule is CCOc1ccc(CC(NC(=O)c2ccc(C)cc2)C(=O)NC(Cc2cccnc2)C(=O)NCc2ccc(CNC(=O)OCc3ccccc3)cc2)cc1. The van der Waals surface area contributed by atoms with Gasteiger partial charge in [0.05, 0.1) is 6.61 Å². The molecule has 1 aromatic heterocycles. The fourth-order valence-electron chi connectivity index (χ4n) is 5.55. The van der Waals surface area contributed by atoms with Gasteiger partial charge in [-0.25, -0.2) is 4.79 Å². The molecule has 0 radical (unpaired) electrons. The molecule has 0 fully saturated rings. The van der Waals surface area contributed by atoms with Crippen molar-refractivity contribution in [3.63, 3.8) is 0 Å². The molecule has 11 nitrogen and oxygen atoms in total. The zero-order chi connectivity index (χ0) is 38.1. The Labute approximate surface area is 315 Å². The molecular weight excluding hydrogens is 683 g/mol. The topological polar surface area (TPSA) is 148 Å². The molecule has 5 aromatic rings. The number of hydrogen-bond acceptors (Lipinski definition) is 7. The number of aryl methyl sites for hydroxylation is 1. The molecule has 0 aliphatic carbocycles. The summed E-state index contributed by atoms with van der Waals surface area (Å²) < 4.78 is 10.8. The summed E-state index contributed by atoms with van der Waals surface area (Å²) in [6, 6.07) is 32.9. The lowest BCUT2D eigenvalue weighted by atomic mass is 10.0. The maximum atomic E-state index is 14.0. The predicted molar refractivity (Wildman–Crippen MR) is 205 cm³/mol. The smallest absolute Gasteiger partial charge is 0.407 e. The van der Waals surface area contributed by atoms with Crippen LogP contribution in [-0.4, -0.2) is 47.5 Å². The predicted octanol–water partition coefficient (Wildman–Crippen LogP) is 5.60. The quantitative estimate of drug-likeness (QED) is 0.0975. The highest BCUT2D eigenvalue weighted by Gasteiger charge is 2.28. The van der Waals surface area contributed by atoms with Gasteiger partial charge in [0.2, 0.25) is 11.8 Å². The summed E-state index contributed by atoms with van der Waals surface area (Å²) in [7, 11) is 0. The summed E-state index contributed by atoms with van der Waals surface area (Å²) in [6.07, 6.45) is 3.12. The number of alkyl carbamates (subject to hydrolysis) is 1. The molecule has 4 N–H and O–H groups in total. The van der Waals surface area contributed by atoms with Gasteiger partial charge in [0, 0.05) is 43.9 Å². The van der Waals surface area contributed by atoms with E-state index in [2.05, 4.69) is 26.3 Å². The average Bonchev–Trinajstić information content (AvgIpc) is 3.20. The summed E-state index contributed by atoms with van der Waals surface area (Å²) in [5.74, 6) is -0.613. The molecule has 4 aromatic carbocycles. The van der Waals surface area contributed by atoms with Gasteiger partial charge in [-0.15, -0.1) is 0 Å². The Morgan fingerprint density at radius 2 is 1.24 bits per heavy atom. The van der Waals surface area contributed by atoms with Crippen LogP contribution in [0.3, 0.4) is 0 Å². The lowest BCUT2D eigenvalue weighted by Crippen LogP contribution is -2.55. The van der Waals surface area contributed by atoms with Crippen molar-refractivity contribution in [2.75, 3.05) is 6.61 Å². The zero-order valence-corrected chi connectivity index (χ0v) is 30.4. The third-order valence-electron chi connectivity index (χ3n) is 8.54. The molecule has 278 valence electrons. The Bertz CT molecular complexity index is 1950. The molecular formula is C43H45N5O6. The van der Waals surface area contributed by atoms with Crippen molar-refractivity contribution in [1.29, 1.82) is 0 Å². The van der Waals surface area contributed by atoms with Crippen molar-refractivity contribution in [3.8, 4) is 5.75 Å². The summed E-state index contributed by atoms with van der Waals surface area (Å²) in [4.78, 5) is 57.4. The number of rotatable bonds is 17. The monoisotopic (exact) mass is 727 g/mol. The molecule has 0 saturated heterocycles. The van der Waals surface area contributed by atoms with Gasteiger partial charge in [0.1, 0.15) is 24.4 Å². The third kappa shape index (κ3) is 12.3. The van der Waals surface area contributed by atoms with Gasteiger partial charge < -0.3 is 30.7 Å². The summed E-state index contributed by atoms with van der Waals surface area (Å²) >= 11 is 0.